The number of carbonyl (C=O) groups excluding carboxylic acids is 1. The largest absolute Gasteiger partial charge is 0.496 e. The number of aromatic nitrogens is 1. The molecule has 0 aliphatic rings. The van der Waals surface area contributed by atoms with Crippen LogP contribution in [0.5, 0.6) is 5.75 Å². The number of hydrogen-bond donors (Lipinski definition) is 0. The molecule has 0 aliphatic carbocycles. The van der Waals surface area contributed by atoms with Gasteiger partial charge in [-0.3, -0.25) is 14.9 Å². The highest BCUT2D eigenvalue weighted by atomic mass is 16.6. The van der Waals surface area contributed by atoms with E-state index in [1.165, 1.54) is 30.2 Å². The first-order valence-electron chi connectivity index (χ1n) is 6.42. The van der Waals surface area contributed by atoms with E-state index in [9.17, 15) is 14.9 Å². The Labute approximate surface area is 126 Å². The Morgan fingerprint density at radius 3 is 2.73 bits per heavy atom. The van der Waals surface area contributed by atoms with Gasteiger partial charge >= 0.3 is 0 Å². The van der Waals surface area contributed by atoms with Gasteiger partial charge in [0.15, 0.2) is 0 Å². The maximum Gasteiger partial charge on any atom is 0.270 e. The Balaban J connectivity index is 2.27. The van der Waals surface area contributed by atoms with Gasteiger partial charge in [-0.25, -0.2) is 0 Å². The van der Waals surface area contributed by atoms with Gasteiger partial charge in [0.25, 0.3) is 11.6 Å². The number of nitro benzene ring substituents is 1. The average molecular weight is 305 g/mol. The summed E-state index contributed by atoms with van der Waals surface area (Å²) in [5.41, 5.74) is 0.548. The number of nitrogens with zero attached hydrogens (tertiary/aromatic N) is 3. The first-order chi connectivity index (χ1) is 10.4. The van der Waals surface area contributed by atoms with Crippen molar-refractivity contribution in [3.63, 3.8) is 0 Å². The number of hydrogen-bond acceptors (Lipinski definition) is 6. The molecule has 1 aromatic heterocycles. The smallest absolute Gasteiger partial charge is 0.270 e. The zero-order valence-electron chi connectivity index (χ0n) is 12.4. The van der Waals surface area contributed by atoms with Gasteiger partial charge in [0, 0.05) is 25.2 Å². The van der Waals surface area contributed by atoms with Crippen LogP contribution in [0.3, 0.4) is 0 Å². The van der Waals surface area contributed by atoms with E-state index < -0.39 is 10.8 Å². The summed E-state index contributed by atoms with van der Waals surface area (Å²) in [6.45, 7) is 1.98. The molecule has 0 bridgehead atoms. The fourth-order valence-corrected chi connectivity index (χ4v) is 1.99. The number of nitro groups is 1. The van der Waals surface area contributed by atoms with Crippen molar-refractivity contribution >= 4 is 11.6 Å². The van der Waals surface area contributed by atoms with Gasteiger partial charge in [-0.2, -0.15) is 0 Å². The van der Waals surface area contributed by atoms with E-state index in [2.05, 4.69) is 5.16 Å². The minimum atomic E-state index is -0.558. The van der Waals surface area contributed by atoms with E-state index in [0.717, 1.165) is 0 Å². The van der Waals surface area contributed by atoms with Crippen LogP contribution in [0.25, 0.3) is 0 Å². The number of benzene rings is 1. The molecule has 0 saturated heterocycles. The Morgan fingerprint density at radius 1 is 1.45 bits per heavy atom. The molecule has 0 atom stereocenters. The van der Waals surface area contributed by atoms with Crippen molar-refractivity contribution in [1.29, 1.82) is 0 Å². The van der Waals surface area contributed by atoms with Crippen LogP contribution in [0, 0.1) is 17.0 Å². The number of aryl methyl sites for hydroxylation is 1. The molecule has 8 heteroatoms. The predicted molar refractivity (Wildman–Crippen MR) is 76.7 cm³/mol. The normalized spacial score (nSPS) is 10.3. The van der Waals surface area contributed by atoms with E-state index in [1.807, 2.05) is 0 Å². The maximum absolute atomic E-state index is 12.5. The number of non-ortho nitro benzene ring substituents is 1. The molecule has 0 aliphatic heterocycles. The molecule has 1 amide bonds. The van der Waals surface area contributed by atoms with Crippen LogP contribution < -0.4 is 4.74 Å². The molecule has 0 spiro atoms. The van der Waals surface area contributed by atoms with E-state index >= 15 is 0 Å². The highest BCUT2D eigenvalue weighted by Gasteiger charge is 2.21. The van der Waals surface area contributed by atoms with Gasteiger partial charge in [-0.05, 0) is 13.0 Å². The van der Waals surface area contributed by atoms with E-state index in [4.69, 9.17) is 9.26 Å². The number of methoxy groups -OCH3 is 1. The van der Waals surface area contributed by atoms with Crippen LogP contribution in [-0.2, 0) is 6.54 Å². The van der Waals surface area contributed by atoms with Crippen molar-refractivity contribution in [3.8, 4) is 5.75 Å². The van der Waals surface area contributed by atoms with E-state index in [0.29, 0.717) is 11.5 Å². The molecule has 0 unspecified atom stereocenters. The van der Waals surface area contributed by atoms with Gasteiger partial charge in [-0.1, -0.05) is 5.16 Å². The minimum Gasteiger partial charge on any atom is -0.496 e. The Kier molecular flexibility index (Phi) is 4.40. The topological polar surface area (TPSA) is 98.7 Å². The summed E-state index contributed by atoms with van der Waals surface area (Å²) < 4.78 is 10.0. The lowest BCUT2D eigenvalue weighted by atomic mass is 10.1. The van der Waals surface area contributed by atoms with Crippen LogP contribution in [-0.4, -0.2) is 35.0 Å². The molecule has 116 valence electrons. The van der Waals surface area contributed by atoms with Crippen LogP contribution >= 0.6 is 0 Å². The fourth-order valence-electron chi connectivity index (χ4n) is 1.99. The zero-order valence-corrected chi connectivity index (χ0v) is 12.4. The van der Waals surface area contributed by atoms with Crippen molar-refractivity contribution in [3.05, 3.63) is 51.4 Å². The summed E-state index contributed by atoms with van der Waals surface area (Å²) in [6.07, 6.45) is 0. The van der Waals surface area contributed by atoms with Gasteiger partial charge in [0.05, 0.1) is 24.1 Å². The van der Waals surface area contributed by atoms with Crippen molar-refractivity contribution < 1.29 is 19.0 Å². The molecule has 2 rings (SSSR count). The zero-order chi connectivity index (χ0) is 16.3. The third kappa shape index (κ3) is 3.22. The van der Waals surface area contributed by atoms with Crippen LogP contribution in [0.4, 0.5) is 5.69 Å². The van der Waals surface area contributed by atoms with Gasteiger partial charge in [0.2, 0.25) is 0 Å². The highest BCUT2D eigenvalue weighted by Crippen LogP contribution is 2.25. The van der Waals surface area contributed by atoms with Crippen molar-refractivity contribution in [2.45, 2.75) is 13.5 Å². The number of ether oxygens (including phenoxy) is 1. The summed E-state index contributed by atoms with van der Waals surface area (Å²) in [5.74, 6) is 0.517. The van der Waals surface area contributed by atoms with E-state index in [1.54, 1.807) is 20.0 Å². The summed E-state index contributed by atoms with van der Waals surface area (Å²) in [5, 5.41) is 14.7. The van der Waals surface area contributed by atoms with Gasteiger partial charge in [-0.15, -0.1) is 0 Å². The number of amides is 1. The molecule has 0 N–H and O–H groups in total. The minimum absolute atomic E-state index is 0.124. The monoisotopic (exact) mass is 305 g/mol. The van der Waals surface area contributed by atoms with Crippen LogP contribution in [0.1, 0.15) is 21.8 Å². The molecular weight excluding hydrogens is 290 g/mol. The fraction of sp³-hybridized carbons (Fsp3) is 0.286. The molecule has 1 aromatic carbocycles. The highest BCUT2D eigenvalue weighted by molar-refractivity contribution is 5.97. The summed E-state index contributed by atoms with van der Waals surface area (Å²) in [4.78, 5) is 24.2. The molecule has 2 aromatic rings. The molecule has 22 heavy (non-hydrogen) atoms. The lowest BCUT2D eigenvalue weighted by Crippen LogP contribution is -2.26. The third-order valence-electron chi connectivity index (χ3n) is 3.05. The quantitative estimate of drug-likeness (QED) is 0.620. The molecule has 0 saturated carbocycles. The van der Waals surface area contributed by atoms with Crippen molar-refractivity contribution in [1.82, 2.24) is 10.1 Å². The Hall–Kier alpha value is -2.90. The standard InChI is InChI=1S/C14H15N3O5/c1-9-6-10(15-22-9)8-16(2)14(18)12-7-11(17(19)20)4-5-13(12)21-3/h4-7H,8H2,1-3H3. The Morgan fingerprint density at radius 2 is 2.18 bits per heavy atom. The van der Waals surface area contributed by atoms with Gasteiger partial charge < -0.3 is 14.2 Å². The molecular formula is C14H15N3O5. The molecule has 0 radical (unpaired) electrons. The molecule has 1 heterocycles. The van der Waals surface area contributed by atoms with Crippen molar-refractivity contribution in [2.24, 2.45) is 0 Å². The summed E-state index contributed by atoms with van der Waals surface area (Å²) in [6, 6.07) is 5.61. The van der Waals surface area contributed by atoms with Crippen LogP contribution in [0.2, 0.25) is 0 Å². The third-order valence-corrected chi connectivity index (χ3v) is 3.05. The molecule has 0 fully saturated rings. The average Bonchev–Trinajstić information content (AvgIpc) is 2.90. The first-order valence-corrected chi connectivity index (χ1v) is 6.42. The van der Waals surface area contributed by atoms with Gasteiger partial charge in [0.1, 0.15) is 17.2 Å². The SMILES string of the molecule is COc1ccc([N+](=O)[O-])cc1C(=O)N(C)Cc1cc(C)on1. The first kappa shape index (κ1) is 15.5. The maximum atomic E-state index is 12.5. The summed E-state index contributed by atoms with van der Waals surface area (Å²) in [7, 11) is 2.98. The van der Waals surface area contributed by atoms with E-state index in [-0.39, 0.29) is 23.5 Å². The Bertz CT molecular complexity index is 710. The number of carbonyl (C=O) groups is 1. The lowest BCUT2D eigenvalue weighted by Gasteiger charge is -2.17. The van der Waals surface area contributed by atoms with Crippen LogP contribution in [0.15, 0.2) is 28.8 Å². The van der Waals surface area contributed by atoms with Crippen molar-refractivity contribution in [2.75, 3.05) is 14.2 Å². The second kappa shape index (κ2) is 6.25. The molecule has 8 nitrogen and oxygen atoms in total. The summed E-state index contributed by atoms with van der Waals surface area (Å²) >= 11 is 0. The second-order valence-electron chi connectivity index (χ2n) is 4.73. The lowest BCUT2D eigenvalue weighted by molar-refractivity contribution is -0.384. The second-order valence-corrected chi connectivity index (χ2v) is 4.73. The predicted octanol–water partition coefficient (Wildman–Crippen LogP) is 2.17. The number of rotatable bonds is 5.